The summed E-state index contributed by atoms with van der Waals surface area (Å²) in [5.74, 6) is 0.872. The zero-order valence-electron chi connectivity index (χ0n) is 11.7. The van der Waals surface area contributed by atoms with E-state index in [-0.39, 0.29) is 5.60 Å². The molecule has 2 unspecified atom stereocenters. The van der Waals surface area contributed by atoms with E-state index in [1.165, 1.54) is 0 Å². The molecule has 0 aliphatic carbocycles. The summed E-state index contributed by atoms with van der Waals surface area (Å²) < 4.78 is 18.0. The van der Waals surface area contributed by atoms with Gasteiger partial charge in [-0.15, -0.1) is 0 Å². The van der Waals surface area contributed by atoms with Crippen molar-refractivity contribution in [3.05, 3.63) is 22.7 Å². The van der Waals surface area contributed by atoms with Gasteiger partial charge in [-0.1, -0.05) is 15.9 Å². The van der Waals surface area contributed by atoms with Crippen LogP contribution >= 0.6 is 15.9 Å². The molecule has 20 heavy (non-hydrogen) atoms. The maximum atomic E-state index is 5.97. The molecule has 2 aliphatic heterocycles. The van der Waals surface area contributed by atoms with Crippen molar-refractivity contribution >= 4 is 21.6 Å². The highest BCUT2D eigenvalue weighted by molar-refractivity contribution is 9.10. The van der Waals surface area contributed by atoms with Gasteiger partial charge in [-0.3, -0.25) is 0 Å². The van der Waals surface area contributed by atoms with E-state index in [1.54, 1.807) is 7.11 Å². The monoisotopic (exact) mass is 341 g/mol. The molecule has 3 rings (SSSR count). The fraction of sp³-hybridized carbons (Fsp3) is 0.600. The van der Waals surface area contributed by atoms with Gasteiger partial charge < -0.3 is 19.5 Å². The summed E-state index contributed by atoms with van der Waals surface area (Å²) in [7, 11) is 1.70. The van der Waals surface area contributed by atoms with Crippen molar-refractivity contribution in [2.75, 3.05) is 32.2 Å². The lowest BCUT2D eigenvalue weighted by atomic mass is 9.89. The highest BCUT2D eigenvalue weighted by Gasteiger charge is 2.41. The lowest BCUT2D eigenvalue weighted by Crippen LogP contribution is -2.44. The number of methoxy groups -OCH3 is 1. The van der Waals surface area contributed by atoms with Gasteiger partial charge in [0.1, 0.15) is 5.75 Å². The Bertz CT molecular complexity index is 474. The van der Waals surface area contributed by atoms with Crippen molar-refractivity contribution < 1.29 is 14.2 Å². The lowest BCUT2D eigenvalue weighted by molar-refractivity contribution is -0.0828. The van der Waals surface area contributed by atoms with Crippen LogP contribution in [0, 0.1) is 0 Å². The van der Waals surface area contributed by atoms with Gasteiger partial charge >= 0.3 is 0 Å². The Kier molecular flexibility index (Phi) is 4.19. The van der Waals surface area contributed by atoms with Crippen LogP contribution in [-0.2, 0) is 9.47 Å². The molecule has 4 nitrogen and oxygen atoms in total. The van der Waals surface area contributed by atoms with Gasteiger partial charge in [0.25, 0.3) is 0 Å². The highest BCUT2D eigenvalue weighted by atomic mass is 79.9. The number of hydrogen-bond acceptors (Lipinski definition) is 4. The third kappa shape index (κ3) is 2.95. The predicted molar refractivity (Wildman–Crippen MR) is 81.5 cm³/mol. The number of halogens is 1. The zero-order chi connectivity index (χ0) is 14.0. The number of hydrogen-bond donors (Lipinski definition) is 1. The Morgan fingerprint density at radius 1 is 1.40 bits per heavy atom. The second-order valence-electron chi connectivity index (χ2n) is 5.51. The van der Waals surface area contributed by atoms with Crippen molar-refractivity contribution in [2.45, 2.75) is 30.9 Å². The first-order valence-electron chi connectivity index (χ1n) is 7.03. The van der Waals surface area contributed by atoms with Gasteiger partial charge in [0, 0.05) is 30.1 Å². The van der Waals surface area contributed by atoms with Crippen LogP contribution in [0.25, 0.3) is 0 Å². The third-order valence-corrected chi connectivity index (χ3v) is 4.57. The molecule has 2 heterocycles. The van der Waals surface area contributed by atoms with E-state index in [2.05, 4.69) is 27.3 Å². The standard InChI is InChI=1S/C15H20BrNO3/c1-18-14-3-2-11(16)8-13(14)17-12-4-6-20-15(9-12)5-7-19-10-15/h2-3,8,12,17H,4-7,9-10H2,1H3. The van der Waals surface area contributed by atoms with Crippen molar-refractivity contribution in [3.63, 3.8) is 0 Å². The highest BCUT2D eigenvalue weighted by Crippen LogP contribution is 2.36. The van der Waals surface area contributed by atoms with Gasteiger partial charge in [-0.05, 0) is 31.0 Å². The number of benzene rings is 1. The van der Waals surface area contributed by atoms with Crippen LogP contribution in [0.5, 0.6) is 5.75 Å². The fourth-order valence-corrected chi connectivity index (χ4v) is 3.39. The van der Waals surface area contributed by atoms with Crippen LogP contribution in [0.15, 0.2) is 22.7 Å². The molecular weight excluding hydrogens is 322 g/mol. The van der Waals surface area contributed by atoms with Crippen LogP contribution < -0.4 is 10.1 Å². The van der Waals surface area contributed by atoms with Gasteiger partial charge in [-0.25, -0.2) is 0 Å². The normalized spacial score (nSPS) is 29.6. The molecule has 110 valence electrons. The minimum atomic E-state index is -0.0742. The van der Waals surface area contributed by atoms with E-state index in [9.17, 15) is 0 Å². The molecule has 5 heteroatoms. The van der Waals surface area contributed by atoms with Gasteiger partial charge in [0.05, 0.1) is 25.0 Å². The maximum absolute atomic E-state index is 5.97. The predicted octanol–water partition coefficient (Wildman–Crippen LogP) is 3.21. The average molecular weight is 342 g/mol. The summed E-state index contributed by atoms with van der Waals surface area (Å²) in [6.45, 7) is 2.32. The SMILES string of the molecule is COc1ccc(Br)cc1NC1CCOC2(CCOC2)C1. The second kappa shape index (κ2) is 5.92. The summed E-state index contributed by atoms with van der Waals surface area (Å²) in [5, 5.41) is 3.60. The van der Waals surface area contributed by atoms with Crippen LogP contribution in [0.3, 0.4) is 0 Å². The smallest absolute Gasteiger partial charge is 0.142 e. The quantitative estimate of drug-likeness (QED) is 0.916. The summed E-state index contributed by atoms with van der Waals surface area (Å²) in [5.41, 5.74) is 0.956. The molecule has 2 atom stereocenters. The molecule has 0 radical (unpaired) electrons. The minimum Gasteiger partial charge on any atom is -0.495 e. The average Bonchev–Trinajstić information content (AvgIpc) is 2.87. The summed E-state index contributed by atoms with van der Waals surface area (Å²) in [6.07, 6.45) is 3.00. The molecule has 2 aliphatic rings. The van der Waals surface area contributed by atoms with Gasteiger partial charge in [0.15, 0.2) is 0 Å². The van der Waals surface area contributed by atoms with Crippen molar-refractivity contribution in [1.29, 1.82) is 0 Å². The number of rotatable bonds is 3. The first kappa shape index (κ1) is 14.2. The molecule has 1 spiro atoms. The molecule has 0 saturated carbocycles. The molecule has 0 amide bonds. The Balaban J connectivity index is 1.72. The minimum absolute atomic E-state index is 0.0742. The van der Waals surface area contributed by atoms with Gasteiger partial charge in [0.2, 0.25) is 0 Å². The Morgan fingerprint density at radius 3 is 3.05 bits per heavy atom. The van der Waals surface area contributed by atoms with Crippen molar-refractivity contribution in [3.8, 4) is 5.75 Å². The molecule has 1 N–H and O–H groups in total. The van der Waals surface area contributed by atoms with Crippen LogP contribution in [0.1, 0.15) is 19.3 Å². The van der Waals surface area contributed by atoms with Crippen molar-refractivity contribution in [1.82, 2.24) is 0 Å². The first-order valence-corrected chi connectivity index (χ1v) is 7.82. The summed E-state index contributed by atoms with van der Waals surface area (Å²) >= 11 is 3.51. The Morgan fingerprint density at radius 2 is 2.30 bits per heavy atom. The molecule has 1 aromatic rings. The lowest BCUT2D eigenvalue weighted by Gasteiger charge is -2.37. The van der Waals surface area contributed by atoms with E-state index in [0.29, 0.717) is 6.04 Å². The Hall–Kier alpha value is -0.780. The molecule has 1 aromatic carbocycles. The molecule has 0 bridgehead atoms. The van der Waals surface area contributed by atoms with E-state index in [0.717, 1.165) is 55.0 Å². The summed E-state index contributed by atoms with van der Waals surface area (Å²) in [4.78, 5) is 0. The second-order valence-corrected chi connectivity index (χ2v) is 6.43. The van der Waals surface area contributed by atoms with E-state index in [4.69, 9.17) is 14.2 Å². The maximum Gasteiger partial charge on any atom is 0.142 e. The van der Waals surface area contributed by atoms with Crippen molar-refractivity contribution in [2.24, 2.45) is 0 Å². The number of nitrogens with one attached hydrogen (secondary N) is 1. The van der Waals surface area contributed by atoms with E-state index >= 15 is 0 Å². The summed E-state index contributed by atoms with van der Waals surface area (Å²) in [6, 6.07) is 6.42. The molecule has 0 aromatic heterocycles. The molecule has 2 fully saturated rings. The molecule has 2 saturated heterocycles. The Labute approximate surface area is 127 Å². The third-order valence-electron chi connectivity index (χ3n) is 4.08. The fourth-order valence-electron chi connectivity index (χ4n) is 3.03. The zero-order valence-corrected chi connectivity index (χ0v) is 13.2. The van der Waals surface area contributed by atoms with E-state index in [1.807, 2.05) is 12.1 Å². The van der Waals surface area contributed by atoms with Crippen LogP contribution in [0.4, 0.5) is 5.69 Å². The number of ether oxygens (including phenoxy) is 3. The van der Waals surface area contributed by atoms with E-state index < -0.39 is 0 Å². The topological polar surface area (TPSA) is 39.7 Å². The number of anilines is 1. The largest absolute Gasteiger partial charge is 0.495 e. The van der Waals surface area contributed by atoms with Gasteiger partial charge in [-0.2, -0.15) is 0 Å². The van der Waals surface area contributed by atoms with Crippen LogP contribution in [-0.4, -0.2) is 38.6 Å². The molecular formula is C15H20BrNO3. The van der Waals surface area contributed by atoms with Crippen LogP contribution in [0.2, 0.25) is 0 Å². The first-order chi connectivity index (χ1) is 9.71.